The van der Waals surface area contributed by atoms with E-state index in [2.05, 4.69) is 25.6 Å². The predicted molar refractivity (Wildman–Crippen MR) is 61.2 cm³/mol. The van der Waals surface area contributed by atoms with Crippen molar-refractivity contribution in [2.45, 2.75) is 62.9 Å². The van der Waals surface area contributed by atoms with Crippen molar-refractivity contribution < 1.29 is 0 Å². The molecule has 1 aliphatic carbocycles. The number of rotatable bonds is 0. The van der Waals surface area contributed by atoms with Gasteiger partial charge < -0.3 is 0 Å². The van der Waals surface area contributed by atoms with Gasteiger partial charge in [0.25, 0.3) is 0 Å². The first-order valence-electron chi connectivity index (χ1n) is 5.93. The maximum atomic E-state index is 2.47. The van der Waals surface area contributed by atoms with Crippen LogP contribution in [0.4, 0.5) is 0 Å². The first kappa shape index (κ1) is 9.89. The first-order valence-corrected chi connectivity index (χ1v) is 6.87. The van der Waals surface area contributed by atoms with E-state index >= 15 is 0 Å². The Balaban J connectivity index is 2.03. The third-order valence-corrected chi connectivity index (χ3v) is 5.44. The zero-order valence-corrected chi connectivity index (χ0v) is 9.78. The molecule has 0 radical (unpaired) electrons. The summed E-state index contributed by atoms with van der Waals surface area (Å²) >= 11 is 2.25. The van der Waals surface area contributed by atoms with Gasteiger partial charge in [0.2, 0.25) is 0 Å². The third kappa shape index (κ3) is 2.23. The molecule has 0 spiro atoms. The fourth-order valence-corrected chi connectivity index (χ4v) is 4.76. The molecule has 0 aromatic rings. The van der Waals surface area contributed by atoms with Crippen LogP contribution in [0.25, 0.3) is 0 Å². The summed E-state index contributed by atoms with van der Waals surface area (Å²) in [7, 11) is 0. The highest BCUT2D eigenvalue weighted by Gasteiger charge is 2.33. The highest BCUT2D eigenvalue weighted by atomic mass is 32.2. The standard InChI is InChI=1S/C12H22S/c1-9-7-8-11-5-3-4-6-12(11)10(2)13-9/h9-12H,3-8H2,1-2H3. The van der Waals surface area contributed by atoms with Crippen molar-refractivity contribution in [3.8, 4) is 0 Å². The molecule has 2 rings (SSSR count). The Hall–Kier alpha value is 0.350. The van der Waals surface area contributed by atoms with Crippen molar-refractivity contribution in [3.05, 3.63) is 0 Å². The molecule has 0 N–H and O–H groups in total. The number of hydrogen-bond acceptors (Lipinski definition) is 1. The second-order valence-electron chi connectivity index (χ2n) is 4.94. The maximum Gasteiger partial charge on any atom is 0.00523 e. The second kappa shape index (κ2) is 4.25. The van der Waals surface area contributed by atoms with Gasteiger partial charge in [0.05, 0.1) is 0 Å². The fraction of sp³-hybridized carbons (Fsp3) is 1.00. The van der Waals surface area contributed by atoms with E-state index in [4.69, 9.17) is 0 Å². The molecule has 4 atom stereocenters. The Kier molecular flexibility index (Phi) is 3.23. The van der Waals surface area contributed by atoms with Crippen LogP contribution >= 0.6 is 11.8 Å². The average Bonchev–Trinajstić information content (AvgIpc) is 2.27. The summed E-state index contributed by atoms with van der Waals surface area (Å²) in [5.41, 5.74) is 0. The zero-order chi connectivity index (χ0) is 9.26. The molecular formula is C12H22S. The Bertz CT molecular complexity index is 167. The van der Waals surface area contributed by atoms with Crippen LogP contribution in [0, 0.1) is 11.8 Å². The van der Waals surface area contributed by atoms with E-state index in [0.717, 1.165) is 22.3 Å². The van der Waals surface area contributed by atoms with Crippen LogP contribution < -0.4 is 0 Å². The van der Waals surface area contributed by atoms with Crippen LogP contribution in [-0.4, -0.2) is 10.5 Å². The minimum atomic E-state index is 0.917. The molecular weight excluding hydrogens is 176 g/mol. The monoisotopic (exact) mass is 198 g/mol. The summed E-state index contributed by atoms with van der Waals surface area (Å²) in [5.74, 6) is 2.14. The zero-order valence-electron chi connectivity index (χ0n) is 8.96. The molecule has 1 saturated carbocycles. The van der Waals surface area contributed by atoms with Crippen LogP contribution in [0.5, 0.6) is 0 Å². The number of fused-ring (bicyclic) bond motifs is 1. The van der Waals surface area contributed by atoms with Crippen molar-refractivity contribution in [3.63, 3.8) is 0 Å². The summed E-state index contributed by atoms with van der Waals surface area (Å²) in [6, 6.07) is 0. The van der Waals surface area contributed by atoms with Gasteiger partial charge in [0, 0.05) is 10.5 Å². The summed E-state index contributed by atoms with van der Waals surface area (Å²) in [4.78, 5) is 0. The molecule has 2 aliphatic rings. The Morgan fingerprint density at radius 2 is 1.69 bits per heavy atom. The van der Waals surface area contributed by atoms with E-state index in [9.17, 15) is 0 Å². The molecule has 4 unspecified atom stereocenters. The smallest absolute Gasteiger partial charge is 0.00523 e. The maximum absolute atomic E-state index is 2.47. The van der Waals surface area contributed by atoms with Gasteiger partial charge in [-0.3, -0.25) is 0 Å². The molecule has 1 heteroatoms. The molecule has 2 fully saturated rings. The fourth-order valence-electron chi connectivity index (χ4n) is 3.20. The Morgan fingerprint density at radius 1 is 0.923 bits per heavy atom. The quantitative estimate of drug-likeness (QED) is 0.565. The molecule has 0 amide bonds. The normalized spacial score (nSPS) is 46.6. The van der Waals surface area contributed by atoms with Gasteiger partial charge in [-0.1, -0.05) is 33.1 Å². The molecule has 1 heterocycles. The van der Waals surface area contributed by atoms with Crippen molar-refractivity contribution in [1.29, 1.82) is 0 Å². The molecule has 1 saturated heterocycles. The van der Waals surface area contributed by atoms with E-state index in [0.29, 0.717) is 0 Å². The van der Waals surface area contributed by atoms with E-state index < -0.39 is 0 Å². The van der Waals surface area contributed by atoms with Crippen LogP contribution in [-0.2, 0) is 0 Å². The van der Waals surface area contributed by atoms with Crippen LogP contribution in [0.15, 0.2) is 0 Å². The van der Waals surface area contributed by atoms with Crippen LogP contribution in [0.3, 0.4) is 0 Å². The van der Waals surface area contributed by atoms with Gasteiger partial charge >= 0.3 is 0 Å². The highest BCUT2D eigenvalue weighted by Crippen LogP contribution is 2.44. The molecule has 0 nitrogen and oxygen atoms in total. The van der Waals surface area contributed by atoms with Crippen LogP contribution in [0.2, 0.25) is 0 Å². The Morgan fingerprint density at radius 3 is 2.54 bits per heavy atom. The lowest BCUT2D eigenvalue weighted by Gasteiger charge is -2.33. The van der Waals surface area contributed by atoms with Gasteiger partial charge in [0.15, 0.2) is 0 Å². The molecule has 0 bridgehead atoms. The van der Waals surface area contributed by atoms with E-state index in [1.807, 2.05) is 0 Å². The highest BCUT2D eigenvalue weighted by molar-refractivity contribution is 8.00. The van der Waals surface area contributed by atoms with Crippen molar-refractivity contribution in [1.82, 2.24) is 0 Å². The minimum absolute atomic E-state index is 0.917. The molecule has 0 aromatic carbocycles. The van der Waals surface area contributed by atoms with Crippen molar-refractivity contribution in [2.24, 2.45) is 11.8 Å². The lowest BCUT2D eigenvalue weighted by Crippen LogP contribution is -2.25. The third-order valence-electron chi connectivity index (χ3n) is 3.96. The first-order chi connectivity index (χ1) is 6.27. The topological polar surface area (TPSA) is 0 Å². The van der Waals surface area contributed by atoms with Gasteiger partial charge in [-0.2, -0.15) is 11.8 Å². The average molecular weight is 198 g/mol. The van der Waals surface area contributed by atoms with Crippen molar-refractivity contribution in [2.75, 3.05) is 0 Å². The molecule has 76 valence electrons. The van der Waals surface area contributed by atoms with E-state index in [1.54, 1.807) is 0 Å². The number of thioether (sulfide) groups is 1. The molecule has 1 aliphatic heterocycles. The van der Waals surface area contributed by atoms with Gasteiger partial charge in [-0.25, -0.2) is 0 Å². The van der Waals surface area contributed by atoms with Gasteiger partial charge in [-0.05, 0) is 31.1 Å². The summed E-state index contributed by atoms with van der Waals surface area (Å²) < 4.78 is 0. The summed E-state index contributed by atoms with van der Waals surface area (Å²) in [5, 5.41) is 1.85. The summed E-state index contributed by atoms with van der Waals surface area (Å²) in [6.45, 7) is 4.88. The SMILES string of the molecule is CC1CCC2CCCCC2C(C)S1. The van der Waals surface area contributed by atoms with Gasteiger partial charge in [0.1, 0.15) is 0 Å². The lowest BCUT2D eigenvalue weighted by molar-refractivity contribution is 0.225. The molecule has 0 aromatic heterocycles. The minimum Gasteiger partial charge on any atom is -0.155 e. The Labute approximate surface area is 86.9 Å². The largest absolute Gasteiger partial charge is 0.155 e. The number of hydrogen-bond donors (Lipinski definition) is 0. The van der Waals surface area contributed by atoms with Crippen molar-refractivity contribution >= 4 is 11.8 Å². The summed E-state index contributed by atoms with van der Waals surface area (Å²) in [6.07, 6.45) is 9.04. The molecule has 13 heavy (non-hydrogen) atoms. The second-order valence-corrected chi connectivity index (χ2v) is 6.76. The van der Waals surface area contributed by atoms with E-state index in [-0.39, 0.29) is 0 Å². The predicted octanol–water partition coefficient (Wildman–Crippen LogP) is 4.10. The lowest BCUT2D eigenvalue weighted by atomic mass is 9.75. The van der Waals surface area contributed by atoms with Gasteiger partial charge in [-0.15, -0.1) is 0 Å². The van der Waals surface area contributed by atoms with Crippen LogP contribution in [0.1, 0.15) is 52.4 Å². The van der Waals surface area contributed by atoms with E-state index in [1.165, 1.54) is 38.5 Å².